The first kappa shape index (κ1) is 21.5. The minimum Gasteiger partial charge on any atom is -0.344 e. The Balaban J connectivity index is 1.82. The van der Waals surface area contributed by atoms with Crippen LogP contribution in [0, 0.1) is 20.8 Å². The van der Waals surface area contributed by atoms with Crippen molar-refractivity contribution in [2.75, 3.05) is 0 Å². The van der Waals surface area contributed by atoms with Crippen LogP contribution in [0.4, 0.5) is 0 Å². The van der Waals surface area contributed by atoms with Gasteiger partial charge < -0.3 is 10.6 Å². The molecule has 0 saturated carbocycles. The number of hydrogen-bond donors (Lipinski definition) is 2. The van der Waals surface area contributed by atoms with Crippen LogP contribution in [-0.2, 0) is 4.79 Å². The monoisotopic (exact) mass is 418 g/mol. The molecule has 3 aromatic rings. The SMILES string of the molecule is Cc1ccc(C(=O)N/C(=C\c2cccs2)C(=O)NC(C)c2ccc(C)cc2C)cc1. The molecule has 4 nitrogen and oxygen atoms in total. The summed E-state index contributed by atoms with van der Waals surface area (Å²) in [5.74, 6) is -0.636. The van der Waals surface area contributed by atoms with Gasteiger partial charge in [0.15, 0.2) is 0 Å². The van der Waals surface area contributed by atoms with Crippen LogP contribution in [0.1, 0.15) is 50.5 Å². The minimum atomic E-state index is -0.323. The zero-order valence-electron chi connectivity index (χ0n) is 17.7. The number of amides is 2. The summed E-state index contributed by atoms with van der Waals surface area (Å²) in [5.41, 5.74) is 5.15. The maximum Gasteiger partial charge on any atom is 0.268 e. The third-order valence-electron chi connectivity index (χ3n) is 4.88. The van der Waals surface area contributed by atoms with E-state index in [1.54, 1.807) is 18.2 Å². The number of carbonyl (C=O) groups excluding carboxylic acids is 2. The number of thiophene rings is 1. The van der Waals surface area contributed by atoms with E-state index in [1.165, 1.54) is 16.9 Å². The summed E-state index contributed by atoms with van der Waals surface area (Å²) in [6.07, 6.45) is 1.71. The molecule has 5 heteroatoms. The van der Waals surface area contributed by atoms with Crippen molar-refractivity contribution in [2.24, 2.45) is 0 Å². The molecule has 1 aromatic heterocycles. The van der Waals surface area contributed by atoms with E-state index in [2.05, 4.69) is 16.7 Å². The van der Waals surface area contributed by atoms with E-state index in [9.17, 15) is 9.59 Å². The molecular weight excluding hydrogens is 392 g/mol. The molecule has 0 aliphatic rings. The summed E-state index contributed by atoms with van der Waals surface area (Å²) >= 11 is 1.51. The fourth-order valence-electron chi connectivity index (χ4n) is 3.24. The van der Waals surface area contributed by atoms with Crippen LogP contribution < -0.4 is 10.6 Å². The highest BCUT2D eigenvalue weighted by Gasteiger charge is 2.18. The van der Waals surface area contributed by atoms with Gasteiger partial charge in [0, 0.05) is 10.4 Å². The summed E-state index contributed by atoms with van der Waals surface area (Å²) in [7, 11) is 0. The van der Waals surface area contributed by atoms with Crippen molar-refractivity contribution in [3.63, 3.8) is 0 Å². The van der Waals surface area contributed by atoms with Crippen LogP contribution in [-0.4, -0.2) is 11.8 Å². The smallest absolute Gasteiger partial charge is 0.268 e. The third-order valence-corrected chi connectivity index (χ3v) is 5.70. The van der Waals surface area contributed by atoms with Crippen molar-refractivity contribution in [1.29, 1.82) is 0 Å². The molecule has 0 saturated heterocycles. The molecule has 0 bridgehead atoms. The van der Waals surface area contributed by atoms with E-state index in [-0.39, 0.29) is 23.6 Å². The van der Waals surface area contributed by atoms with E-state index in [0.29, 0.717) is 5.56 Å². The second kappa shape index (κ2) is 9.55. The molecule has 2 N–H and O–H groups in total. The lowest BCUT2D eigenvalue weighted by molar-refractivity contribution is -0.118. The molecule has 3 rings (SSSR count). The summed E-state index contributed by atoms with van der Waals surface area (Å²) in [4.78, 5) is 26.7. The van der Waals surface area contributed by atoms with Crippen LogP contribution in [0.25, 0.3) is 6.08 Å². The molecule has 1 unspecified atom stereocenters. The van der Waals surface area contributed by atoms with Gasteiger partial charge in [0.1, 0.15) is 5.70 Å². The largest absolute Gasteiger partial charge is 0.344 e. The topological polar surface area (TPSA) is 58.2 Å². The second-order valence-electron chi connectivity index (χ2n) is 7.45. The second-order valence-corrected chi connectivity index (χ2v) is 8.43. The first-order valence-electron chi connectivity index (χ1n) is 9.84. The fourth-order valence-corrected chi connectivity index (χ4v) is 3.89. The molecule has 0 aliphatic heterocycles. The lowest BCUT2D eigenvalue weighted by Gasteiger charge is -2.18. The summed E-state index contributed by atoms with van der Waals surface area (Å²) in [6, 6.07) is 17.0. The van der Waals surface area contributed by atoms with Gasteiger partial charge in [0.05, 0.1) is 6.04 Å². The maximum absolute atomic E-state index is 13.1. The number of hydrogen-bond acceptors (Lipinski definition) is 3. The summed E-state index contributed by atoms with van der Waals surface area (Å²) in [5, 5.41) is 7.74. The first-order valence-corrected chi connectivity index (χ1v) is 10.7. The van der Waals surface area contributed by atoms with E-state index in [4.69, 9.17) is 0 Å². The predicted molar refractivity (Wildman–Crippen MR) is 123 cm³/mol. The van der Waals surface area contributed by atoms with Crippen molar-refractivity contribution >= 4 is 29.2 Å². The predicted octanol–water partition coefficient (Wildman–Crippen LogP) is 5.32. The van der Waals surface area contributed by atoms with Crippen molar-refractivity contribution < 1.29 is 9.59 Å². The Bertz CT molecular complexity index is 1070. The highest BCUT2D eigenvalue weighted by atomic mass is 32.1. The molecule has 1 atom stereocenters. The number of benzene rings is 2. The molecule has 154 valence electrons. The number of nitrogens with one attached hydrogen (secondary N) is 2. The zero-order chi connectivity index (χ0) is 21.7. The van der Waals surface area contributed by atoms with Crippen LogP contribution in [0.15, 0.2) is 65.7 Å². The minimum absolute atomic E-state index is 0.193. The van der Waals surface area contributed by atoms with E-state index in [0.717, 1.165) is 21.6 Å². The third kappa shape index (κ3) is 5.45. The maximum atomic E-state index is 13.1. The normalized spacial score (nSPS) is 12.3. The van der Waals surface area contributed by atoms with Gasteiger partial charge in [-0.25, -0.2) is 0 Å². The number of aryl methyl sites for hydroxylation is 3. The Morgan fingerprint density at radius 1 is 0.967 bits per heavy atom. The van der Waals surface area contributed by atoms with Gasteiger partial charge in [0.25, 0.3) is 11.8 Å². The fraction of sp³-hybridized carbons (Fsp3) is 0.200. The van der Waals surface area contributed by atoms with Crippen LogP contribution in [0.5, 0.6) is 0 Å². The molecule has 2 aromatic carbocycles. The lowest BCUT2D eigenvalue weighted by Crippen LogP contribution is -2.36. The van der Waals surface area contributed by atoms with Gasteiger partial charge in [-0.05, 0) is 68.5 Å². The Labute approximate surface area is 181 Å². The van der Waals surface area contributed by atoms with Crippen molar-refractivity contribution in [3.8, 4) is 0 Å². The molecule has 0 radical (unpaired) electrons. The van der Waals surface area contributed by atoms with Gasteiger partial charge in [-0.1, -0.05) is 47.5 Å². The summed E-state index contributed by atoms with van der Waals surface area (Å²) in [6.45, 7) is 7.99. The summed E-state index contributed by atoms with van der Waals surface area (Å²) < 4.78 is 0. The van der Waals surface area contributed by atoms with Crippen molar-refractivity contribution in [1.82, 2.24) is 10.6 Å². The first-order chi connectivity index (χ1) is 14.3. The quantitative estimate of drug-likeness (QED) is 0.532. The van der Waals surface area contributed by atoms with E-state index in [1.807, 2.05) is 69.5 Å². The Kier molecular flexibility index (Phi) is 6.85. The molecule has 0 fully saturated rings. The van der Waals surface area contributed by atoms with Crippen molar-refractivity contribution in [3.05, 3.63) is 98.4 Å². The molecule has 0 spiro atoms. The van der Waals surface area contributed by atoms with E-state index < -0.39 is 0 Å². The van der Waals surface area contributed by atoms with E-state index >= 15 is 0 Å². The highest BCUT2D eigenvalue weighted by Crippen LogP contribution is 2.20. The van der Waals surface area contributed by atoms with Gasteiger partial charge in [-0.15, -0.1) is 11.3 Å². The molecule has 2 amide bonds. The highest BCUT2D eigenvalue weighted by molar-refractivity contribution is 7.10. The van der Waals surface area contributed by atoms with Crippen LogP contribution >= 0.6 is 11.3 Å². The number of carbonyl (C=O) groups is 2. The molecule has 0 aliphatic carbocycles. The molecular formula is C25H26N2O2S. The van der Waals surface area contributed by atoms with Gasteiger partial charge in [0.2, 0.25) is 0 Å². The average Bonchev–Trinajstić information content (AvgIpc) is 3.21. The Morgan fingerprint density at radius 2 is 1.67 bits per heavy atom. The van der Waals surface area contributed by atoms with Crippen molar-refractivity contribution in [2.45, 2.75) is 33.7 Å². The molecule has 30 heavy (non-hydrogen) atoms. The standard InChI is InChI=1S/C25H26N2O2S/c1-16-7-10-20(11-8-16)24(28)27-23(15-21-6-5-13-30-21)25(29)26-19(4)22-12-9-17(2)14-18(22)3/h5-15,19H,1-4H3,(H,26,29)(H,27,28)/b23-15-. The van der Waals surface area contributed by atoms with Gasteiger partial charge in [-0.2, -0.15) is 0 Å². The van der Waals surface area contributed by atoms with Gasteiger partial charge >= 0.3 is 0 Å². The number of rotatable bonds is 6. The average molecular weight is 419 g/mol. The van der Waals surface area contributed by atoms with Crippen LogP contribution in [0.3, 0.4) is 0 Å². The van der Waals surface area contributed by atoms with Crippen LogP contribution in [0.2, 0.25) is 0 Å². The zero-order valence-corrected chi connectivity index (χ0v) is 18.5. The Morgan fingerprint density at radius 3 is 2.30 bits per heavy atom. The molecule has 1 heterocycles. The van der Waals surface area contributed by atoms with Gasteiger partial charge in [-0.3, -0.25) is 9.59 Å². The lowest BCUT2D eigenvalue weighted by atomic mass is 10.0. The Hall–Kier alpha value is -3.18.